The summed E-state index contributed by atoms with van der Waals surface area (Å²) in [5.41, 5.74) is 0.231. The van der Waals surface area contributed by atoms with Crippen molar-refractivity contribution in [2.75, 3.05) is 12.4 Å². The molecule has 0 radical (unpaired) electrons. The summed E-state index contributed by atoms with van der Waals surface area (Å²) >= 11 is 1.94. The second kappa shape index (κ2) is 4.68. The van der Waals surface area contributed by atoms with Crippen LogP contribution in [0.3, 0.4) is 0 Å². The highest BCUT2D eigenvalue weighted by Crippen LogP contribution is 2.54. The first kappa shape index (κ1) is 13.3. The number of ether oxygens (including phenoxy) is 2. The largest absolute Gasteiger partial charge is 0.341 e. The number of rotatable bonds is 1. The number of thioether (sulfide) groups is 1. The van der Waals surface area contributed by atoms with Crippen molar-refractivity contribution in [3.63, 3.8) is 0 Å². The molecule has 18 heavy (non-hydrogen) atoms. The first-order valence-corrected chi connectivity index (χ1v) is 8.45. The summed E-state index contributed by atoms with van der Waals surface area (Å²) in [6.45, 7) is 7.82. The van der Waals surface area contributed by atoms with Crippen molar-refractivity contribution in [2.24, 2.45) is 17.3 Å². The van der Waals surface area contributed by atoms with Crippen LogP contribution in [0, 0.1) is 17.3 Å². The summed E-state index contributed by atoms with van der Waals surface area (Å²) in [5.74, 6) is 2.42. The van der Waals surface area contributed by atoms with Gasteiger partial charge in [0, 0.05) is 17.6 Å². The molecule has 0 N–H and O–H groups in total. The maximum Gasteiger partial charge on any atom is 0.221 e. The van der Waals surface area contributed by atoms with E-state index in [0.717, 1.165) is 6.61 Å². The van der Waals surface area contributed by atoms with E-state index >= 15 is 0 Å². The average Bonchev–Trinajstić information content (AvgIpc) is 2.40. The van der Waals surface area contributed by atoms with Crippen LogP contribution in [0.25, 0.3) is 0 Å². The molecule has 3 atom stereocenters. The predicted molar refractivity (Wildman–Crippen MR) is 75.5 cm³/mol. The van der Waals surface area contributed by atoms with E-state index < -0.39 is 0 Å². The van der Waals surface area contributed by atoms with Crippen LogP contribution in [0.5, 0.6) is 0 Å². The molecule has 0 aromatic heterocycles. The zero-order valence-corrected chi connectivity index (χ0v) is 12.7. The Balaban J connectivity index is 1.79. The standard InChI is InChI=1S/C15H26O2S/c1-14(2,3)13-11-9-16-15(17-13,18-10-11)12-7-5-4-6-8-12/h11-13H,4-10H2,1-3H3. The summed E-state index contributed by atoms with van der Waals surface area (Å²) in [5, 5.41) is -0.298. The number of hydrogen-bond acceptors (Lipinski definition) is 3. The van der Waals surface area contributed by atoms with Crippen molar-refractivity contribution >= 4 is 11.8 Å². The Morgan fingerprint density at radius 1 is 1.11 bits per heavy atom. The summed E-state index contributed by atoms with van der Waals surface area (Å²) < 4.78 is 12.7. The predicted octanol–water partition coefficient (Wildman–Crippen LogP) is 4.05. The monoisotopic (exact) mass is 270 g/mol. The van der Waals surface area contributed by atoms with Crippen molar-refractivity contribution in [3.8, 4) is 0 Å². The molecule has 3 heterocycles. The Bertz CT molecular complexity index is 296. The second-order valence-corrected chi connectivity index (χ2v) is 8.42. The zero-order chi connectivity index (χ0) is 12.8. The molecule has 4 rings (SSSR count). The lowest BCUT2D eigenvalue weighted by molar-refractivity contribution is -0.307. The molecule has 4 fully saturated rings. The Kier molecular flexibility index (Phi) is 3.44. The molecule has 104 valence electrons. The van der Waals surface area contributed by atoms with E-state index in [9.17, 15) is 0 Å². The van der Waals surface area contributed by atoms with Gasteiger partial charge in [-0.25, -0.2) is 0 Å². The molecule has 3 saturated heterocycles. The van der Waals surface area contributed by atoms with Crippen molar-refractivity contribution < 1.29 is 9.47 Å². The molecule has 0 aromatic rings. The quantitative estimate of drug-likeness (QED) is 0.716. The first-order valence-electron chi connectivity index (χ1n) is 7.47. The maximum absolute atomic E-state index is 6.52. The molecule has 1 aliphatic carbocycles. The zero-order valence-electron chi connectivity index (χ0n) is 11.9. The van der Waals surface area contributed by atoms with Gasteiger partial charge in [-0.2, -0.15) is 0 Å². The fraction of sp³-hybridized carbons (Fsp3) is 1.00. The van der Waals surface area contributed by atoms with Gasteiger partial charge in [0.2, 0.25) is 5.12 Å². The summed E-state index contributed by atoms with van der Waals surface area (Å²) in [7, 11) is 0. The van der Waals surface area contributed by atoms with E-state index in [0.29, 0.717) is 17.9 Å². The molecule has 4 aliphatic rings. The highest BCUT2D eigenvalue weighted by molar-refractivity contribution is 8.00. The van der Waals surface area contributed by atoms with Crippen molar-refractivity contribution in [2.45, 2.75) is 64.1 Å². The van der Waals surface area contributed by atoms with Gasteiger partial charge in [0.15, 0.2) is 0 Å². The van der Waals surface area contributed by atoms with Crippen LogP contribution >= 0.6 is 11.8 Å². The molecule has 3 aliphatic heterocycles. The fourth-order valence-corrected chi connectivity index (χ4v) is 5.24. The van der Waals surface area contributed by atoms with Gasteiger partial charge in [-0.3, -0.25) is 0 Å². The lowest BCUT2D eigenvalue weighted by Crippen LogP contribution is -2.60. The Hall–Kier alpha value is 0.270. The first-order chi connectivity index (χ1) is 8.51. The van der Waals surface area contributed by atoms with Crippen LogP contribution in [-0.2, 0) is 9.47 Å². The highest BCUT2D eigenvalue weighted by Gasteiger charge is 2.55. The van der Waals surface area contributed by atoms with Gasteiger partial charge >= 0.3 is 0 Å². The van der Waals surface area contributed by atoms with Crippen molar-refractivity contribution in [1.82, 2.24) is 0 Å². The lowest BCUT2D eigenvalue weighted by Gasteiger charge is -2.56. The minimum atomic E-state index is -0.298. The molecular formula is C15H26O2S. The van der Waals surface area contributed by atoms with Gasteiger partial charge in [-0.05, 0) is 18.3 Å². The smallest absolute Gasteiger partial charge is 0.221 e. The van der Waals surface area contributed by atoms with Crippen LogP contribution in [0.15, 0.2) is 0 Å². The Labute approximate surface area is 115 Å². The second-order valence-electron chi connectivity index (χ2n) is 7.23. The van der Waals surface area contributed by atoms with Gasteiger partial charge < -0.3 is 9.47 Å². The minimum Gasteiger partial charge on any atom is -0.341 e. The normalized spacial score (nSPS) is 42.2. The van der Waals surface area contributed by atoms with Crippen LogP contribution in [0.2, 0.25) is 0 Å². The van der Waals surface area contributed by atoms with Crippen LogP contribution in [0.4, 0.5) is 0 Å². The SMILES string of the molecule is CC(C)(C)C1OC2(C3CCCCC3)OCC1CS2. The molecule has 0 aromatic carbocycles. The third-order valence-corrected chi connectivity index (χ3v) is 6.22. The topological polar surface area (TPSA) is 18.5 Å². The third kappa shape index (κ3) is 2.23. The number of hydrogen-bond donors (Lipinski definition) is 0. The van der Waals surface area contributed by atoms with E-state index in [1.165, 1.54) is 37.9 Å². The lowest BCUT2D eigenvalue weighted by atomic mass is 9.80. The molecule has 1 saturated carbocycles. The molecule has 3 heteroatoms. The van der Waals surface area contributed by atoms with Crippen LogP contribution < -0.4 is 0 Å². The van der Waals surface area contributed by atoms with Gasteiger partial charge in [-0.1, -0.05) is 51.8 Å². The molecule has 3 unspecified atom stereocenters. The highest BCUT2D eigenvalue weighted by atomic mass is 32.2. The van der Waals surface area contributed by atoms with E-state index in [1.807, 2.05) is 11.8 Å². The van der Waals surface area contributed by atoms with Gasteiger partial charge in [-0.15, -0.1) is 0 Å². The van der Waals surface area contributed by atoms with E-state index in [2.05, 4.69) is 20.8 Å². The van der Waals surface area contributed by atoms with Crippen molar-refractivity contribution in [1.29, 1.82) is 0 Å². The summed E-state index contributed by atoms with van der Waals surface area (Å²) in [6, 6.07) is 0. The molecule has 2 nitrogen and oxygen atoms in total. The van der Waals surface area contributed by atoms with Crippen LogP contribution in [-0.4, -0.2) is 23.6 Å². The van der Waals surface area contributed by atoms with Gasteiger partial charge in [0.05, 0.1) is 12.7 Å². The van der Waals surface area contributed by atoms with Crippen LogP contribution in [0.1, 0.15) is 52.9 Å². The Morgan fingerprint density at radius 3 is 2.39 bits per heavy atom. The summed E-state index contributed by atoms with van der Waals surface area (Å²) in [6.07, 6.45) is 7.03. The van der Waals surface area contributed by atoms with Crippen molar-refractivity contribution in [3.05, 3.63) is 0 Å². The molecular weight excluding hydrogens is 244 g/mol. The van der Waals surface area contributed by atoms with E-state index in [4.69, 9.17) is 9.47 Å². The fourth-order valence-electron chi connectivity index (χ4n) is 3.72. The van der Waals surface area contributed by atoms with Gasteiger partial charge in [0.25, 0.3) is 0 Å². The van der Waals surface area contributed by atoms with E-state index in [1.54, 1.807) is 0 Å². The maximum atomic E-state index is 6.52. The average molecular weight is 270 g/mol. The summed E-state index contributed by atoms with van der Waals surface area (Å²) in [4.78, 5) is 0. The minimum absolute atomic E-state index is 0.231. The number of fused-ring (bicyclic) bond motifs is 3. The third-order valence-electron chi connectivity index (χ3n) is 4.68. The van der Waals surface area contributed by atoms with Gasteiger partial charge in [0.1, 0.15) is 0 Å². The van der Waals surface area contributed by atoms with E-state index in [-0.39, 0.29) is 10.5 Å². The molecule has 0 spiro atoms. The Morgan fingerprint density at radius 2 is 1.83 bits per heavy atom. The molecule has 0 amide bonds. The molecule has 2 bridgehead atoms.